The van der Waals surface area contributed by atoms with Gasteiger partial charge in [0.05, 0.1) is 64.2 Å². The number of hydrogen-bond acceptors (Lipinski definition) is 6. The zero-order valence-corrected chi connectivity index (χ0v) is 19.9. The van der Waals surface area contributed by atoms with Crippen molar-refractivity contribution in [1.29, 1.82) is 0 Å². The molecular formula is C24H36N6O4. The van der Waals surface area contributed by atoms with Crippen molar-refractivity contribution in [2.45, 2.75) is 0 Å². The first-order valence-corrected chi connectivity index (χ1v) is 12.4. The van der Waals surface area contributed by atoms with E-state index < -0.39 is 0 Å². The third kappa shape index (κ3) is 5.99. The van der Waals surface area contributed by atoms with Gasteiger partial charge in [0, 0.05) is 52.4 Å². The van der Waals surface area contributed by atoms with E-state index in [0.717, 1.165) is 129 Å². The van der Waals surface area contributed by atoms with Gasteiger partial charge in [-0.25, -0.2) is 9.98 Å². The lowest BCUT2D eigenvalue weighted by Crippen LogP contribution is -2.52. The van der Waals surface area contributed by atoms with E-state index in [1.807, 2.05) is 0 Å². The van der Waals surface area contributed by atoms with Gasteiger partial charge in [-0.05, 0) is 24.3 Å². The summed E-state index contributed by atoms with van der Waals surface area (Å²) in [5, 5.41) is 0. The van der Waals surface area contributed by atoms with Crippen LogP contribution in [0.5, 0.6) is 0 Å². The van der Waals surface area contributed by atoms with Gasteiger partial charge in [0.2, 0.25) is 11.9 Å². The Kier molecular flexibility index (Phi) is 8.13. The maximum absolute atomic E-state index is 5.56. The van der Waals surface area contributed by atoms with E-state index in [4.69, 9.17) is 28.9 Å². The van der Waals surface area contributed by atoms with Gasteiger partial charge in [0.15, 0.2) is 0 Å². The summed E-state index contributed by atoms with van der Waals surface area (Å²) in [7, 11) is 0. The highest BCUT2D eigenvalue weighted by Crippen LogP contribution is 2.22. The molecule has 186 valence electrons. The van der Waals surface area contributed by atoms with Crippen molar-refractivity contribution in [2.75, 3.05) is 105 Å². The van der Waals surface area contributed by atoms with Crippen LogP contribution >= 0.6 is 0 Å². The molecule has 0 atom stereocenters. The second-order valence-corrected chi connectivity index (χ2v) is 8.74. The first kappa shape index (κ1) is 23.3. The molecule has 0 bridgehead atoms. The number of ether oxygens (including phenoxy) is 4. The van der Waals surface area contributed by atoms with Crippen molar-refractivity contribution >= 4 is 23.3 Å². The molecule has 4 fully saturated rings. The monoisotopic (exact) mass is 472 g/mol. The van der Waals surface area contributed by atoms with E-state index in [0.29, 0.717) is 0 Å². The molecule has 0 saturated carbocycles. The summed E-state index contributed by atoms with van der Waals surface area (Å²) < 4.78 is 22.2. The lowest BCUT2D eigenvalue weighted by molar-refractivity contribution is 0.0421. The van der Waals surface area contributed by atoms with Crippen molar-refractivity contribution in [3.05, 3.63) is 24.3 Å². The molecule has 0 amide bonds. The number of nitrogens with zero attached hydrogens (tertiary/aromatic N) is 6. The Hall–Kier alpha value is -2.40. The zero-order valence-electron chi connectivity index (χ0n) is 19.9. The molecule has 5 rings (SSSR count). The number of morpholine rings is 4. The molecule has 0 aromatic heterocycles. The van der Waals surface area contributed by atoms with Crippen molar-refractivity contribution in [1.82, 2.24) is 19.6 Å². The number of rotatable bonds is 2. The van der Waals surface area contributed by atoms with E-state index in [1.54, 1.807) is 0 Å². The Labute approximate surface area is 201 Å². The van der Waals surface area contributed by atoms with E-state index in [9.17, 15) is 0 Å². The number of guanidine groups is 2. The van der Waals surface area contributed by atoms with Gasteiger partial charge in [-0.1, -0.05) is 0 Å². The fraction of sp³-hybridized carbons (Fsp3) is 0.667. The SMILES string of the molecule is c1cc(N=C(N2CCOCC2)N2CCOCC2)ccc1N=C(N1CCOCC1)N1CCOCC1. The molecule has 4 aliphatic heterocycles. The summed E-state index contributed by atoms with van der Waals surface area (Å²) in [4.78, 5) is 19.4. The second kappa shape index (κ2) is 11.8. The molecule has 0 unspecified atom stereocenters. The van der Waals surface area contributed by atoms with Crippen LogP contribution in [0.15, 0.2) is 34.3 Å². The smallest absolute Gasteiger partial charge is 0.202 e. The molecule has 0 aliphatic carbocycles. The fourth-order valence-corrected chi connectivity index (χ4v) is 4.57. The largest absolute Gasteiger partial charge is 0.378 e. The summed E-state index contributed by atoms with van der Waals surface area (Å²) >= 11 is 0. The molecule has 0 radical (unpaired) electrons. The summed E-state index contributed by atoms with van der Waals surface area (Å²) in [5.74, 6) is 2.04. The second-order valence-electron chi connectivity index (χ2n) is 8.74. The predicted molar refractivity (Wildman–Crippen MR) is 130 cm³/mol. The molecule has 34 heavy (non-hydrogen) atoms. The van der Waals surface area contributed by atoms with E-state index in [2.05, 4.69) is 43.9 Å². The third-order valence-electron chi connectivity index (χ3n) is 6.48. The first-order valence-electron chi connectivity index (χ1n) is 12.4. The number of aliphatic imine (C=N–C) groups is 2. The summed E-state index contributed by atoms with van der Waals surface area (Å²) in [5.41, 5.74) is 1.87. The summed E-state index contributed by atoms with van der Waals surface area (Å²) in [6, 6.07) is 8.26. The van der Waals surface area contributed by atoms with Crippen molar-refractivity contribution < 1.29 is 18.9 Å². The molecule has 10 heteroatoms. The minimum Gasteiger partial charge on any atom is -0.378 e. The van der Waals surface area contributed by atoms with E-state index in [-0.39, 0.29) is 0 Å². The van der Waals surface area contributed by atoms with Crippen molar-refractivity contribution in [2.24, 2.45) is 9.98 Å². The zero-order chi connectivity index (χ0) is 23.0. The maximum atomic E-state index is 5.56. The van der Waals surface area contributed by atoms with Crippen LogP contribution in [0.25, 0.3) is 0 Å². The van der Waals surface area contributed by atoms with Crippen LogP contribution in [0.4, 0.5) is 11.4 Å². The van der Waals surface area contributed by atoms with Gasteiger partial charge in [0.25, 0.3) is 0 Å². The van der Waals surface area contributed by atoms with Crippen LogP contribution in [-0.4, -0.2) is 137 Å². The van der Waals surface area contributed by atoms with Gasteiger partial charge in [-0.15, -0.1) is 0 Å². The molecule has 1 aromatic rings. The van der Waals surface area contributed by atoms with E-state index >= 15 is 0 Å². The molecule has 0 N–H and O–H groups in total. The quantitative estimate of drug-likeness (QED) is 0.466. The first-order chi connectivity index (χ1) is 16.9. The average Bonchev–Trinajstić information content (AvgIpc) is 2.93. The summed E-state index contributed by atoms with van der Waals surface area (Å²) in [6.45, 7) is 12.8. The lowest BCUT2D eigenvalue weighted by atomic mass is 10.3. The van der Waals surface area contributed by atoms with Crippen LogP contribution in [0.2, 0.25) is 0 Å². The average molecular weight is 473 g/mol. The van der Waals surface area contributed by atoms with Crippen LogP contribution in [0.3, 0.4) is 0 Å². The Morgan fingerprint density at radius 3 is 0.912 bits per heavy atom. The van der Waals surface area contributed by atoms with Crippen LogP contribution in [0, 0.1) is 0 Å². The highest BCUT2D eigenvalue weighted by molar-refractivity contribution is 5.84. The Bertz CT molecular complexity index is 715. The van der Waals surface area contributed by atoms with Crippen LogP contribution in [-0.2, 0) is 18.9 Å². The van der Waals surface area contributed by atoms with Crippen molar-refractivity contribution in [3.63, 3.8) is 0 Å². The highest BCUT2D eigenvalue weighted by Gasteiger charge is 2.24. The molecule has 4 saturated heterocycles. The lowest BCUT2D eigenvalue weighted by Gasteiger charge is -2.38. The molecule has 10 nitrogen and oxygen atoms in total. The minimum absolute atomic E-state index is 0.739. The minimum atomic E-state index is 0.739. The molecule has 4 heterocycles. The number of benzene rings is 1. The standard InChI is InChI=1S/C24H36N6O4/c1-2-22(26-24(29-9-17-33-18-10-29)30-11-19-34-20-12-30)4-3-21(1)25-23(27-5-13-31-14-6-27)28-7-15-32-16-8-28/h1-4H,5-20H2. The van der Waals surface area contributed by atoms with Gasteiger partial charge in [0.1, 0.15) is 0 Å². The topological polar surface area (TPSA) is 74.6 Å². The molecule has 1 aromatic carbocycles. The highest BCUT2D eigenvalue weighted by atomic mass is 16.5. The van der Waals surface area contributed by atoms with Crippen LogP contribution < -0.4 is 0 Å². The normalized spacial score (nSPS) is 21.9. The van der Waals surface area contributed by atoms with Gasteiger partial charge < -0.3 is 38.5 Å². The van der Waals surface area contributed by atoms with Crippen molar-refractivity contribution in [3.8, 4) is 0 Å². The van der Waals surface area contributed by atoms with E-state index in [1.165, 1.54) is 0 Å². The predicted octanol–water partition coefficient (Wildman–Crippen LogP) is 0.990. The van der Waals surface area contributed by atoms with Gasteiger partial charge >= 0.3 is 0 Å². The number of hydrogen-bond donors (Lipinski definition) is 0. The van der Waals surface area contributed by atoms with Crippen LogP contribution in [0.1, 0.15) is 0 Å². The molecular weight excluding hydrogens is 436 g/mol. The Balaban J connectivity index is 1.36. The maximum Gasteiger partial charge on any atom is 0.202 e. The third-order valence-corrected chi connectivity index (χ3v) is 6.48. The Morgan fingerprint density at radius 1 is 0.441 bits per heavy atom. The Morgan fingerprint density at radius 2 is 0.676 bits per heavy atom. The summed E-state index contributed by atoms with van der Waals surface area (Å²) in [6.07, 6.45) is 0. The molecule has 0 spiro atoms. The van der Waals surface area contributed by atoms with Gasteiger partial charge in [-0.3, -0.25) is 0 Å². The molecule has 4 aliphatic rings. The fourth-order valence-electron chi connectivity index (χ4n) is 4.57. The van der Waals surface area contributed by atoms with Gasteiger partial charge in [-0.2, -0.15) is 0 Å².